The number of nitrogens with one attached hydrogen (secondary N) is 1. The van der Waals surface area contributed by atoms with Crippen molar-refractivity contribution >= 4 is 28.7 Å². The third-order valence-electron chi connectivity index (χ3n) is 10.6. The Kier molecular flexibility index (Phi) is 4.88. The minimum absolute atomic E-state index is 0.0513. The van der Waals surface area contributed by atoms with E-state index < -0.39 is 0 Å². The zero-order chi connectivity index (χ0) is 28.1. The zero-order valence-electron chi connectivity index (χ0n) is 24.0. The van der Waals surface area contributed by atoms with Gasteiger partial charge < -0.3 is 10.2 Å². The number of nitrogens with zero attached hydrogens (tertiary/aromatic N) is 1. The van der Waals surface area contributed by atoms with E-state index in [1.165, 1.54) is 67.7 Å². The minimum Gasteiger partial charge on any atom is -0.359 e. The first-order valence-electron chi connectivity index (χ1n) is 15.8. The van der Waals surface area contributed by atoms with Gasteiger partial charge >= 0.3 is 0 Å². The molecule has 0 saturated heterocycles. The first-order valence-corrected chi connectivity index (χ1v) is 15.8. The third-order valence-corrected chi connectivity index (χ3v) is 10.6. The highest BCUT2D eigenvalue weighted by atomic mass is 15.3. The first-order chi connectivity index (χ1) is 21.3. The van der Waals surface area contributed by atoms with Gasteiger partial charge in [0.05, 0.1) is 17.1 Å². The maximum absolute atomic E-state index is 3.92. The number of hydrogen-bond acceptors (Lipinski definition) is 2. The van der Waals surface area contributed by atoms with Crippen molar-refractivity contribution in [2.45, 2.75) is 37.3 Å². The summed E-state index contributed by atoms with van der Waals surface area (Å²) in [5.41, 5.74) is 15.0. The summed E-state index contributed by atoms with van der Waals surface area (Å²) < 4.78 is 0. The van der Waals surface area contributed by atoms with E-state index in [2.05, 4.69) is 138 Å². The smallest absolute Gasteiger partial charge is 0.130 e. The molecule has 4 aliphatic carbocycles. The average molecular weight is 553 g/mol. The molecule has 2 nitrogen and oxygen atoms in total. The molecule has 4 aromatic carbocycles. The Hall–Kier alpha value is -4.82. The number of fused-ring (bicyclic) bond motifs is 8. The fourth-order valence-corrected chi connectivity index (χ4v) is 8.80. The van der Waals surface area contributed by atoms with Crippen LogP contribution in [-0.2, 0) is 0 Å². The molecule has 10 rings (SSSR count). The van der Waals surface area contributed by atoms with Crippen LogP contribution in [0.25, 0.3) is 33.9 Å². The molecule has 0 radical (unpaired) electrons. The molecular weight excluding hydrogens is 520 g/mol. The van der Waals surface area contributed by atoms with Crippen LogP contribution in [0.3, 0.4) is 0 Å². The Morgan fingerprint density at radius 2 is 1.44 bits per heavy atom. The average Bonchev–Trinajstić information content (AvgIpc) is 3.59. The molecule has 2 heteroatoms. The lowest BCUT2D eigenvalue weighted by Crippen LogP contribution is -2.36. The summed E-state index contributed by atoms with van der Waals surface area (Å²) in [5, 5.41) is 7.00. The standard InChI is InChI=1S/C41H32N2/c1-4-12-31-28(9-1)32-13-5-6-18-38(32)43-40-36(31)16-8-17-37(40)42-41(43)26-21-19-25(20-22-26)27-23-24-35-30-11-3-2-10-29(30)34-15-7-14-33(27)39(34)35/h1-6,8-14,16-19,21-25,29-30,41-42H,7,15,20H2. The molecule has 43 heavy (non-hydrogen) atoms. The third kappa shape index (κ3) is 3.24. The lowest BCUT2D eigenvalue weighted by molar-refractivity contribution is 0.722. The van der Waals surface area contributed by atoms with Gasteiger partial charge in [-0.1, -0.05) is 121 Å². The number of hydrogen-bond donors (Lipinski definition) is 1. The molecule has 2 heterocycles. The molecule has 0 amide bonds. The van der Waals surface area contributed by atoms with Crippen molar-refractivity contribution in [3.05, 3.63) is 149 Å². The predicted molar refractivity (Wildman–Crippen MR) is 179 cm³/mol. The van der Waals surface area contributed by atoms with Crippen LogP contribution in [-0.4, -0.2) is 6.17 Å². The van der Waals surface area contributed by atoms with Crippen LogP contribution in [0.5, 0.6) is 0 Å². The van der Waals surface area contributed by atoms with Gasteiger partial charge in [-0.3, -0.25) is 0 Å². The SMILES string of the molecule is C1=CC2C3=c4c(ccc(C5C=CC(C6Nc7cccc8c7N6c6ccccc6-c6ccccc6-8)=CC5)c4=CCC3)C2C=C1. The van der Waals surface area contributed by atoms with E-state index in [-0.39, 0.29) is 6.17 Å². The summed E-state index contributed by atoms with van der Waals surface area (Å²) in [4.78, 5) is 2.55. The van der Waals surface area contributed by atoms with Gasteiger partial charge in [-0.25, -0.2) is 0 Å². The molecular formula is C41H32N2. The Labute approximate surface area is 252 Å². The van der Waals surface area contributed by atoms with Crippen molar-refractivity contribution in [1.82, 2.24) is 0 Å². The van der Waals surface area contributed by atoms with E-state index in [1.807, 2.05) is 0 Å². The second kappa shape index (κ2) is 8.84. The van der Waals surface area contributed by atoms with Crippen LogP contribution in [0.4, 0.5) is 17.1 Å². The Morgan fingerprint density at radius 3 is 2.30 bits per heavy atom. The largest absolute Gasteiger partial charge is 0.359 e. The molecule has 2 aliphatic heterocycles. The van der Waals surface area contributed by atoms with Crippen LogP contribution in [0.1, 0.15) is 42.2 Å². The van der Waals surface area contributed by atoms with Crippen molar-refractivity contribution in [3.63, 3.8) is 0 Å². The predicted octanol–water partition coefficient (Wildman–Crippen LogP) is 8.46. The summed E-state index contributed by atoms with van der Waals surface area (Å²) in [6.45, 7) is 0. The highest BCUT2D eigenvalue weighted by Gasteiger charge is 2.38. The van der Waals surface area contributed by atoms with Crippen molar-refractivity contribution in [2.75, 3.05) is 10.2 Å². The summed E-state index contributed by atoms with van der Waals surface area (Å²) in [7, 11) is 0. The maximum atomic E-state index is 3.92. The van der Waals surface area contributed by atoms with Crippen molar-refractivity contribution in [2.24, 2.45) is 5.92 Å². The quantitative estimate of drug-likeness (QED) is 0.268. The van der Waals surface area contributed by atoms with E-state index in [1.54, 1.807) is 10.8 Å². The number of para-hydroxylation sites is 2. The summed E-state index contributed by atoms with van der Waals surface area (Å²) in [5.74, 6) is 1.47. The molecule has 1 N–H and O–H groups in total. The van der Waals surface area contributed by atoms with Crippen LogP contribution in [0, 0.1) is 5.92 Å². The molecule has 0 aromatic heterocycles. The normalized spacial score (nSPS) is 24.6. The fraction of sp³-hybridized carbons (Fsp3) is 0.171. The van der Waals surface area contributed by atoms with Crippen LogP contribution in [0.2, 0.25) is 0 Å². The maximum Gasteiger partial charge on any atom is 0.130 e. The lowest BCUT2D eigenvalue weighted by atomic mass is 9.84. The molecule has 4 unspecified atom stereocenters. The molecule has 206 valence electrons. The Balaban J connectivity index is 1.05. The van der Waals surface area contributed by atoms with Gasteiger partial charge in [-0.2, -0.15) is 0 Å². The molecule has 6 aliphatic rings. The Morgan fingerprint density at radius 1 is 0.674 bits per heavy atom. The van der Waals surface area contributed by atoms with E-state index in [0.717, 1.165) is 12.8 Å². The first kappa shape index (κ1) is 23.7. The lowest BCUT2D eigenvalue weighted by Gasteiger charge is -2.31. The van der Waals surface area contributed by atoms with Gasteiger partial charge in [0.1, 0.15) is 6.17 Å². The highest BCUT2D eigenvalue weighted by Crippen LogP contribution is 2.54. The van der Waals surface area contributed by atoms with Gasteiger partial charge in [0.15, 0.2) is 0 Å². The summed E-state index contributed by atoms with van der Waals surface area (Å²) in [6.07, 6.45) is 22.6. The van der Waals surface area contributed by atoms with Gasteiger partial charge in [-0.05, 0) is 69.7 Å². The van der Waals surface area contributed by atoms with E-state index in [0.29, 0.717) is 17.8 Å². The number of allylic oxidation sites excluding steroid dienone is 6. The molecule has 0 spiro atoms. The summed E-state index contributed by atoms with van der Waals surface area (Å²) in [6, 6.07) is 29.4. The van der Waals surface area contributed by atoms with Gasteiger partial charge in [0.2, 0.25) is 0 Å². The van der Waals surface area contributed by atoms with Gasteiger partial charge in [0, 0.05) is 28.9 Å². The van der Waals surface area contributed by atoms with Crippen molar-refractivity contribution in [1.29, 1.82) is 0 Å². The van der Waals surface area contributed by atoms with Gasteiger partial charge in [0.25, 0.3) is 0 Å². The van der Waals surface area contributed by atoms with Gasteiger partial charge in [-0.15, -0.1) is 0 Å². The monoisotopic (exact) mass is 552 g/mol. The molecule has 0 saturated carbocycles. The van der Waals surface area contributed by atoms with Crippen LogP contribution in [0.15, 0.2) is 127 Å². The molecule has 4 atom stereocenters. The zero-order valence-corrected chi connectivity index (χ0v) is 24.0. The number of anilines is 3. The van der Waals surface area contributed by atoms with Crippen LogP contribution < -0.4 is 20.7 Å². The van der Waals surface area contributed by atoms with E-state index >= 15 is 0 Å². The number of benzene rings is 4. The summed E-state index contributed by atoms with van der Waals surface area (Å²) >= 11 is 0. The molecule has 0 fully saturated rings. The second-order valence-electron chi connectivity index (χ2n) is 12.7. The highest BCUT2D eigenvalue weighted by molar-refractivity contribution is 6.05. The van der Waals surface area contributed by atoms with E-state index in [9.17, 15) is 0 Å². The molecule has 4 aromatic rings. The Bertz CT molecular complexity index is 2120. The van der Waals surface area contributed by atoms with Crippen molar-refractivity contribution < 1.29 is 0 Å². The van der Waals surface area contributed by atoms with Crippen LogP contribution >= 0.6 is 0 Å². The fourth-order valence-electron chi connectivity index (χ4n) is 8.80. The topological polar surface area (TPSA) is 15.3 Å². The van der Waals surface area contributed by atoms with E-state index in [4.69, 9.17) is 0 Å². The molecule has 0 bridgehead atoms. The van der Waals surface area contributed by atoms with Crippen molar-refractivity contribution in [3.8, 4) is 22.3 Å². The number of rotatable bonds is 2. The minimum atomic E-state index is 0.0513. The second-order valence-corrected chi connectivity index (χ2v) is 12.7.